The third-order valence-corrected chi connectivity index (χ3v) is 4.19. The van der Waals surface area contributed by atoms with Gasteiger partial charge in [-0.15, -0.1) is 0 Å². The first-order valence-electron chi connectivity index (χ1n) is 7.33. The number of allylic oxidation sites excluding steroid dienone is 1. The number of tetrazole rings is 1. The lowest BCUT2D eigenvalue weighted by molar-refractivity contribution is -0.139. The number of hydrogen-bond acceptors (Lipinski definition) is 7. The Kier molecular flexibility index (Phi) is 4.52. The van der Waals surface area contributed by atoms with Crippen LogP contribution in [0.1, 0.15) is 25.5 Å². The number of hydrogen-bond donors (Lipinski definition) is 1. The van der Waals surface area contributed by atoms with Crippen LogP contribution in [0.3, 0.4) is 0 Å². The number of nitrogens with one attached hydrogen (secondary N) is 1. The second kappa shape index (κ2) is 6.60. The average Bonchev–Trinajstić information content (AvgIpc) is 3.01. The smallest absolute Gasteiger partial charge is 0.338 e. The predicted molar refractivity (Wildman–Crippen MR) is 89.6 cm³/mol. The molecule has 0 bridgehead atoms. The third-order valence-electron chi connectivity index (χ3n) is 3.70. The molecule has 2 aromatic rings. The highest BCUT2D eigenvalue weighted by atomic mass is 79.9. The van der Waals surface area contributed by atoms with E-state index in [1.165, 1.54) is 0 Å². The van der Waals surface area contributed by atoms with Crippen LogP contribution >= 0.6 is 15.9 Å². The van der Waals surface area contributed by atoms with E-state index in [9.17, 15) is 4.79 Å². The normalized spacial score (nSPS) is 16.4. The molecule has 1 aromatic carbocycles. The van der Waals surface area contributed by atoms with Gasteiger partial charge in [-0.05, 0) is 42.5 Å². The predicted octanol–water partition coefficient (Wildman–Crippen LogP) is 2.30. The molecule has 0 saturated heterocycles. The molecule has 126 valence electrons. The summed E-state index contributed by atoms with van der Waals surface area (Å²) in [6, 6.07) is 5.02. The molecule has 8 nitrogen and oxygen atoms in total. The van der Waals surface area contributed by atoms with E-state index in [0.29, 0.717) is 23.0 Å². The number of nitrogens with zero attached hydrogens (tertiary/aromatic N) is 4. The molecule has 1 N–H and O–H groups in total. The second-order valence-electron chi connectivity index (χ2n) is 5.12. The average molecular weight is 394 g/mol. The van der Waals surface area contributed by atoms with Gasteiger partial charge >= 0.3 is 5.97 Å². The summed E-state index contributed by atoms with van der Waals surface area (Å²) in [5.74, 6) is 0.657. The molecule has 3 rings (SSSR count). The molecule has 1 aliphatic heterocycles. The highest BCUT2D eigenvalue weighted by molar-refractivity contribution is 9.10. The zero-order valence-corrected chi connectivity index (χ0v) is 15.0. The van der Waals surface area contributed by atoms with E-state index in [2.05, 4.69) is 36.8 Å². The summed E-state index contributed by atoms with van der Waals surface area (Å²) < 4.78 is 13.1. The summed E-state index contributed by atoms with van der Waals surface area (Å²) in [6.45, 7) is 3.84. The number of esters is 1. The minimum atomic E-state index is -0.553. The summed E-state index contributed by atoms with van der Waals surface area (Å²) in [4.78, 5) is 12.6. The van der Waals surface area contributed by atoms with Gasteiger partial charge in [-0.3, -0.25) is 0 Å². The van der Waals surface area contributed by atoms with Gasteiger partial charge in [0.15, 0.2) is 0 Å². The molecule has 24 heavy (non-hydrogen) atoms. The number of fused-ring (bicyclic) bond motifs is 1. The van der Waals surface area contributed by atoms with E-state index in [1.807, 2.05) is 18.2 Å². The number of benzene rings is 1. The van der Waals surface area contributed by atoms with Crippen LogP contribution in [0.4, 0.5) is 5.95 Å². The zero-order valence-electron chi connectivity index (χ0n) is 13.4. The zero-order chi connectivity index (χ0) is 17.3. The van der Waals surface area contributed by atoms with E-state index in [1.54, 1.807) is 25.6 Å². The molecule has 0 fully saturated rings. The van der Waals surface area contributed by atoms with Gasteiger partial charge in [0, 0.05) is 15.7 Å². The van der Waals surface area contributed by atoms with Crippen LogP contribution in [0.25, 0.3) is 0 Å². The quantitative estimate of drug-likeness (QED) is 0.796. The molecule has 1 atom stereocenters. The Balaban J connectivity index is 2.22. The Morgan fingerprint density at radius 2 is 2.25 bits per heavy atom. The van der Waals surface area contributed by atoms with Gasteiger partial charge in [0.1, 0.15) is 11.8 Å². The number of halogens is 1. The summed E-state index contributed by atoms with van der Waals surface area (Å²) in [5, 5.41) is 14.7. The molecular weight excluding hydrogens is 378 g/mol. The Morgan fingerprint density at radius 3 is 2.96 bits per heavy atom. The number of carbonyl (C=O) groups excluding carboxylic acids is 1. The summed E-state index contributed by atoms with van der Waals surface area (Å²) >= 11 is 3.46. The van der Waals surface area contributed by atoms with Crippen LogP contribution in [-0.4, -0.2) is 39.9 Å². The number of aromatic nitrogens is 4. The maximum atomic E-state index is 12.6. The molecular formula is C15H16BrN5O3. The van der Waals surface area contributed by atoms with Crippen molar-refractivity contribution in [2.75, 3.05) is 19.0 Å². The molecule has 0 saturated carbocycles. The van der Waals surface area contributed by atoms with Gasteiger partial charge in [0.05, 0.1) is 19.3 Å². The minimum Gasteiger partial charge on any atom is -0.496 e. The van der Waals surface area contributed by atoms with Crippen LogP contribution in [0.5, 0.6) is 5.75 Å². The highest BCUT2D eigenvalue weighted by Crippen LogP contribution is 2.39. The van der Waals surface area contributed by atoms with Crippen LogP contribution in [0, 0.1) is 0 Å². The topological polar surface area (TPSA) is 91.2 Å². The lowest BCUT2D eigenvalue weighted by Gasteiger charge is -2.28. The summed E-state index contributed by atoms with van der Waals surface area (Å²) in [6.07, 6.45) is 0. The van der Waals surface area contributed by atoms with Crippen molar-refractivity contribution in [2.24, 2.45) is 0 Å². The monoisotopic (exact) mass is 393 g/mol. The maximum Gasteiger partial charge on any atom is 0.338 e. The van der Waals surface area contributed by atoms with Crippen molar-refractivity contribution in [1.82, 2.24) is 20.2 Å². The first kappa shape index (κ1) is 16.4. The van der Waals surface area contributed by atoms with Crippen LogP contribution in [-0.2, 0) is 9.53 Å². The SMILES string of the molecule is CCOC(=O)C1=C(C)Nc2nnnn2[C@H]1c1cc(Br)ccc1OC. The Labute approximate surface area is 147 Å². The van der Waals surface area contributed by atoms with E-state index in [-0.39, 0.29) is 6.61 Å². The van der Waals surface area contributed by atoms with Crippen molar-refractivity contribution in [3.63, 3.8) is 0 Å². The number of carbonyl (C=O) groups is 1. The highest BCUT2D eigenvalue weighted by Gasteiger charge is 2.36. The van der Waals surface area contributed by atoms with Crippen LogP contribution < -0.4 is 10.1 Å². The summed E-state index contributed by atoms with van der Waals surface area (Å²) in [5.41, 5.74) is 1.83. The molecule has 1 aliphatic rings. The Bertz CT molecular complexity index is 817. The fraction of sp³-hybridized carbons (Fsp3) is 0.333. The first-order valence-corrected chi connectivity index (χ1v) is 8.12. The fourth-order valence-electron chi connectivity index (χ4n) is 2.69. The molecule has 0 aliphatic carbocycles. The molecule has 2 heterocycles. The molecule has 0 radical (unpaired) electrons. The molecule has 0 unspecified atom stereocenters. The van der Waals surface area contributed by atoms with Crippen molar-refractivity contribution in [3.05, 3.63) is 39.5 Å². The van der Waals surface area contributed by atoms with Crippen molar-refractivity contribution >= 4 is 27.8 Å². The van der Waals surface area contributed by atoms with Crippen molar-refractivity contribution in [3.8, 4) is 5.75 Å². The standard InChI is InChI=1S/C15H16BrN5O3/c1-4-24-14(22)12-8(2)17-15-18-19-20-21(15)13(12)10-7-9(16)5-6-11(10)23-3/h5-7,13H,4H2,1-3H3,(H,17,18,20)/t13-/m0/s1. The molecule has 9 heteroatoms. The number of methoxy groups -OCH3 is 1. The van der Waals surface area contributed by atoms with Crippen molar-refractivity contribution < 1.29 is 14.3 Å². The number of rotatable bonds is 4. The Hall–Kier alpha value is -2.42. The Morgan fingerprint density at radius 1 is 1.46 bits per heavy atom. The van der Waals surface area contributed by atoms with Crippen LogP contribution in [0.15, 0.2) is 33.9 Å². The number of ether oxygens (including phenoxy) is 2. The van der Waals surface area contributed by atoms with Crippen molar-refractivity contribution in [1.29, 1.82) is 0 Å². The first-order chi connectivity index (χ1) is 11.6. The molecule has 0 spiro atoms. The lowest BCUT2D eigenvalue weighted by Crippen LogP contribution is -2.30. The largest absolute Gasteiger partial charge is 0.496 e. The van der Waals surface area contributed by atoms with Crippen LogP contribution in [0.2, 0.25) is 0 Å². The summed E-state index contributed by atoms with van der Waals surface area (Å²) in [7, 11) is 1.58. The lowest BCUT2D eigenvalue weighted by atomic mass is 9.95. The minimum absolute atomic E-state index is 0.278. The van der Waals surface area contributed by atoms with E-state index in [0.717, 1.165) is 10.0 Å². The second-order valence-corrected chi connectivity index (χ2v) is 6.04. The fourth-order valence-corrected chi connectivity index (χ4v) is 3.07. The van der Waals surface area contributed by atoms with E-state index < -0.39 is 12.0 Å². The molecule has 1 aromatic heterocycles. The van der Waals surface area contributed by atoms with Gasteiger partial charge < -0.3 is 14.8 Å². The van der Waals surface area contributed by atoms with E-state index in [4.69, 9.17) is 9.47 Å². The van der Waals surface area contributed by atoms with Gasteiger partial charge in [-0.1, -0.05) is 21.0 Å². The van der Waals surface area contributed by atoms with Gasteiger partial charge in [-0.2, -0.15) is 4.68 Å². The van der Waals surface area contributed by atoms with E-state index >= 15 is 0 Å². The third kappa shape index (κ3) is 2.75. The van der Waals surface area contributed by atoms with Crippen molar-refractivity contribution in [2.45, 2.75) is 19.9 Å². The van der Waals surface area contributed by atoms with Gasteiger partial charge in [-0.25, -0.2) is 4.79 Å². The molecule has 0 amide bonds. The van der Waals surface area contributed by atoms with Gasteiger partial charge in [0.25, 0.3) is 0 Å². The number of anilines is 1. The maximum absolute atomic E-state index is 12.6. The van der Waals surface area contributed by atoms with Gasteiger partial charge in [0.2, 0.25) is 5.95 Å².